The number of likely N-dealkylation sites (tertiary alicyclic amines) is 1. The first-order chi connectivity index (χ1) is 10.9. The van der Waals surface area contributed by atoms with Gasteiger partial charge in [0, 0.05) is 24.1 Å². The van der Waals surface area contributed by atoms with Gasteiger partial charge in [0.25, 0.3) is 0 Å². The van der Waals surface area contributed by atoms with Crippen molar-refractivity contribution in [2.45, 2.75) is 26.7 Å². The smallest absolute Gasteiger partial charge is 0.407 e. The molecule has 23 heavy (non-hydrogen) atoms. The lowest BCUT2D eigenvalue weighted by Gasteiger charge is -2.38. The van der Waals surface area contributed by atoms with E-state index in [4.69, 9.17) is 10.4 Å². The Kier molecular flexibility index (Phi) is 5.09. The molecule has 1 aromatic rings. The van der Waals surface area contributed by atoms with Gasteiger partial charge in [0.1, 0.15) is 0 Å². The van der Waals surface area contributed by atoms with Crippen molar-refractivity contribution in [3.05, 3.63) is 47.0 Å². The molecular weight excluding hydrogens is 288 g/mol. The fraction of sp³-hybridized carbons (Fsp3) is 0.368. The van der Waals surface area contributed by atoms with Crippen molar-refractivity contribution in [2.24, 2.45) is 5.41 Å². The molecule has 1 aliphatic rings. The van der Waals surface area contributed by atoms with E-state index < -0.39 is 6.09 Å². The lowest BCUT2D eigenvalue weighted by molar-refractivity contribution is 0.117. The number of nitriles is 1. The number of hydrogen-bond donors (Lipinski definition) is 1. The van der Waals surface area contributed by atoms with E-state index in [1.807, 2.05) is 44.2 Å². The van der Waals surface area contributed by atoms with Gasteiger partial charge in [0.15, 0.2) is 0 Å². The third-order valence-electron chi connectivity index (χ3n) is 4.05. The Balaban J connectivity index is 2.13. The van der Waals surface area contributed by atoms with Crippen LogP contribution in [-0.4, -0.2) is 29.2 Å². The van der Waals surface area contributed by atoms with Gasteiger partial charge in [0.2, 0.25) is 0 Å². The number of hydrogen-bond acceptors (Lipinski definition) is 2. The average Bonchev–Trinajstić information content (AvgIpc) is 2.49. The molecule has 0 bridgehead atoms. The Bertz CT molecular complexity index is 730. The molecule has 1 fully saturated rings. The highest BCUT2D eigenvalue weighted by Gasteiger charge is 2.32. The summed E-state index contributed by atoms with van der Waals surface area (Å²) < 4.78 is 0. The van der Waals surface area contributed by atoms with Crippen molar-refractivity contribution in [1.82, 2.24) is 4.90 Å². The molecule has 1 saturated heterocycles. The molecule has 1 amide bonds. The Hall–Kier alpha value is -2.72. The summed E-state index contributed by atoms with van der Waals surface area (Å²) in [6, 6.07) is 9.79. The van der Waals surface area contributed by atoms with Crippen LogP contribution < -0.4 is 0 Å². The molecule has 1 aromatic carbocycles. The van der Waals surface area contributed by atoms with Crippen LogP contribution in [0, 0.1) is 28.6 Å². The van der Waals surface area contributed by atoms with E-state index in [2.05, 4.69) is 17.9 Å². The molecule has 0 saturated carbocycles. The number of allylic oxidation sites excluding steroid dienone is 1. The van der Waals surface area contributed by atoms with Gasteiger partial charge in [-0.1, -0.05) is 43.4 Å². The summed E-state index contributed by atoms with van der Waals surface area (Å²) >= 11 is 0. The lowest BCUT2D eigenvalue weighted by atomic mass is 9.79. The molecule has 4 nitrogen and oxygen atoms in total. The number of piperidine rings is 1. The fourth-order valence-electron chi connectivity index (χ4n) is 2.74. The van der Waals surface area contributed by atoms with E-state index in [1.54, 1.807) is 0 Å². The zero-order valence-corrected chi connectivity index (χ0v) is 13.5. The molecule has 0 aromatic heterocycles. The average molecular weight is 308 g/mol. The molecule has 0 atom stereocenters. The molecule has 0 spiro atoms. The minimum atomic E-state index is -0.863. The number of benzene rings is 1. The van der Waals surface area contributed by atoms with Crippen LogP contribution in [0.5, 0.6) is 0 Å². The number of carboxylic acid groups (broad SMARTS) is 1. The standard InChI is InChI=1S/C19H20N2O2/c1-19(2)14-21(18(22)23)12-10-17(19)8-4-7-15-5-3-6-16(13-15)9-11-20/h3,5-6,8,13H,9-10,12,14H2,1-2H3,(H,22,23)/b17-8+. The van der Waals surface area contributed by atoms with Crippen LogP contribution in [0.25, 0.3) is 0 Å². The minimum absolute atomic E-state index is 0.200. The van der Waals surface area contributed by atoms with Crippen molar-refractivity contribution in [3.8, 4) is 17.9 Å². The fourth-order valence-corrected chi connectivity index (χ4v) is 2.74. The van der Waals surface area contributed by atoms with E-state index in [-0.39, 0.29) is 5.41 Å². The maximum Gasteiger partial charge on any atom is 0.407 e. The van der Waals surface area contributed by atoms with Crippen molar-refractivity contribution >= 4 is 6.09 Å². The quantitative estimate of drug-likeness (QED) is 0.808. The summed E-state index contributed by atoms with van der Waals surface area (Å²) in [5, 5.41) is 17.8. The lowest BCUT2D eigenvalue weighted by Crippen LogP contribution is -2.44. The van der Waals surface area contributed by atoms with Gasteiger partial charge in [-0.05, 0) is 30.2 Å². The topological polar surface area (TPSA) is 64.3 Å². The predicted octanol–water partition coefficient (Wildman–Crippen LogP) is 3.44. The number of carbonyl (C=O) groups is 1. The van der Waals surface area contributed by atoms with Gasteiger partial charge >= 0.3 is 6.09 Å². The number of amides is 1. The number of rotatable bonds is 1. The monoisotopic (exact) mass is 308 g/mol. The van der Waals surface area contributed by atoms with Crippen LogP contribution in [-0.2, 0) is 6.42 Å². The summed E-state index contributed by atoms with van der Waals surface area (Å²) in [5.41, 5.74) is 2.82. The van der Waals surface area contributed by atoms with E-state index in [1.165, 1.54) is 10.5 Å². The van der Waals surface area contributed by atoms with Crippen LogP contribution in [0.15, 0.2) is 35.9 Å². The zero-order chi connectivity index (χ0) is 16.9. The summed E-state index contributed by atoms with van der Waals surface area (Å²) in [4.78, 5) is 12.5. The van der Waals surface area contributed by atoms with Gasteiger partial charge in [-0.3, -0.25) is 0 Å². The first kappa shape index (κ1) is 16.6. The summed E-state index contributed by atoms with van der Waals surface area (Å²) in [5.74, 6) is 6.18. The molecule has 118 valence electrons. The molecule has 0 radical (unpaired) electrons. The van der Waals surface area contributed by atoms with Gasteiger partial charge in [-0.15, -0.1) is 0 Å². The summed E-state index contributed by atoms with van der Waals surface area (Å²) in [6.07, 6.45) is 2.14. The molecular formula is C19H20N2O2. The molecule has 1 aliphatic heterocycles. The predicted molar refractivity (Wildman–Crippen MR) is 88.7 cm³/mol. The van der Waals surface area contributed by atoms with Crippen molar-refractivity contribution in [2.75, 3.05) is 13.1 Å². The third kappa shape index (κ3) is 4.37. The highest BCUT2D eigenvalue weighted by Crippen LogP contribution is 2.34. The second-order valence-corrected chi connectivity index (χ2v) is 6.31. The second-order valence-electron chi connectivity index (χ2n) is 6.31. The second kappa shape index (κ2) is 7.03. The van der Waals surface area contributed by atoms with Crippen molar-refractivity contribution in [3.63, 3.8) is 0 Å². The van der Waals surface area contributed by atoms with E-state index in [0.29, 0.717) is 25.9 Å². The van der Waals surface area contributed by atoms with E-state index >= 15 is 0 Å². The molecule has 2 rings (SSSR count). The summed E-state index contributed by atoms with van der Waals surface area (Å²) in [7, 11) is 0. The van der Waals surface area contributed by atoms with Crippen LogP contribution in [0.3, 0.4) is 0 Å². The molecule has 1 N–H and O–H groups in total. The minimum Gasteiger partial charge on any atom is -0.465 e. The van der Waals surface area contributed by atoms with Crippen LogP contribution in [0.4, 0.5) is 4.79 Å². The first-order valence-corrected chi connectivity index (χ1v) is 7.57. The molecule has 1 heterocycles. The van der Waals surface area contributed by atoms with Crippen LogP contribution in [0.1, 0.15) is 31.4 Å². The van der Waals surface area contributed by atoms with E-state index in [0.717, 1.165) is 11.1 Å². The van der Waals surface area contributed by atoms with Crippen LogP contribution >= 0.6 is 0 Å². The normalized spacial score (nSPS) is 18.0. The Morgan fingerprint density at radius 2 is 2.26 bits per heavy atom. The Morgan fingerprint density at radius 3 is 2.91 bits per heavy atom. The maximum atomic E-state index is 11.1. The van der Waals surface area contributed by atoms with Gasteiger partial charge < -0.3 is 10.0 Å². The highest BCUT2D eigenvalue weighted by molar-refractivity contribution is 5.65. The van der Waals surface area contributed by atoms with E-state index in [9.17, 15) is 4.79 Å². The van der Waals surface area contributed by atoms with Crippen LogP contribution in [0.2, 0.25) is 0 Å². The third-order valence-corrected chi connectivity index (χ3v) is 4.05. The SMILES string of the molecule is CC1(C)CN(C(=O)O)CC/C1=C\C#Cc1cccc(CC#N)c1. The summed E-state index contributed by atoms with van der Waals surface area (Å²) in [6.45, 7) is 5.10. The van der Waals surface area contributed by atoms with Gasteiger partial charge in [-0.2, -0.15) is 5.26 Å². The first-order valence-electron chi connectivity index (χ1n) is 7.57. The zero-order valence-electron chi connectivity index (χ0n) is 13.5. The largest absolute Gasteiger partial charge is 0.465 e. The van der Waals surface area contributed by atoms with Crippen molar-refractivity contribution in [1.29, 1.82) is 5.26 Å². The number of nitrogens with zero attached hydrogens (tertiary/aromatic N) is 2. The molecule has 0 unspecified atom stereocenters. The Labute approximate surface area is 137 Å². The molecule has 4 heteroatoms. The molecule has 0 aliphatic carbocycles. The maximum absolute atomic E-state index is 11.1. The highest BCUT2D eigenvalue weighted by atomic mass is 16.4. The Morgan fingerprint density at radius 1 is 1.48 bits per heavy atom. The van der Waals surface area contributed by atoms with Gasteiger partial charge in [-0.25, -0.2) is 4.79 Å². The van der Waals surface area contributed by atoms with Crippen molar-refractivity contribution < 1.29 is 9.90 Å². The van der Waals surface area contributed by atoms with Gasteiger partial charge in [0.05, 0.1) is 12.5 Å².